The Morgan fingerprint density at radius 2 is 1.87 bits per heavy atom. The maximum atomic E-state index is 12.7. The van der Waals surface area contributed by atoms with Crippen LogP contribution in [0.3, 0.4) is 0 Å². The van der Waals surface area contributed by atoms with Crippen molar-refractivity contribution < 1.29 is 23.9 Å². The van der Waals surface area contributed by atoms with Crippen molar-refractivity contribution in [3.8, 4) is 5.75 Å². The molecular weight excluding hydrogens is 396 g/mol. The van der Waals surface area contributed by atoms with Gasteiger partial charge in [-0.1, -0.05) is 26.0 Å². The van der Waals surface area contributed by atoms with Crippen molar-refractivity contribution in [1.82, 2.24) is 4.90 Å². The second kappa shape index (κ2) is 8.89. The molecule has 2 heterocycles. The molecule has 0 radical (unpaired) electrons. The summed E-state index contributed by atoms with van der Waals surface area (Å²) in [6.07, 6.45) is 1.68. The molecule has 0 saturated carbocycles. The number of imide groups is 1. The highest BCUT2D eigenvalue weighted by molar-refractivity contribution is 6.21. The lowest BCUT2D eigenvalue weighted by molar-refractivity contribution is -0.118. The molecule has 1 saturated heterocycles. The van der Waals surface area contributed by atoms with Crippen LogP contribution < -0.4 is 10.1 Å². The maximum Gasteiger partial charge on any atom is 0.262 e. The molecule has 0 spiro atoms. The first kappa shape index (κ1) is 21.1. The van der Waals surface area contributed by atoms with Gasteiger partial charge in [-0.3, -0.25) is 19.3 Å². The van der Waals surface area contributed by atoms with Crippen molar-refractivity contribution in [2.24, 2.45) is 0 Å². The second-order valence-corrected chi connectivity index (χ2v) is 8.18. The molecule has 31 heavy (non-hydrogen) atoms. The number of hydrogen-bond donors (Lipinski definition) is 1. The van der Waals surface area contributed by atoms with Crippen LogP contribution in [0.25, 0.3) is 0 Å². The summed E-state index contributed by atoms with van der Waals surface area (Å²) >= 11 is 0. The Morgan fingerprint density at radius 3 is 2.55 bits per heavy atom. The number of amides is 3. The van der Waals surface area contributed by atoms with E-state index in [1.807, 2.05) is 24.3 Å². The number of nitrogens with one attached hydrogen (secondary N) is 1. The van der Waals surface area contributed by atoms with Crippen molar-refractivity contribution in [2.75, 3.05) is 25.1 Å². The zero-order valence-electron chi connectivity index (χ0n) is 17.7. The summed E-state index contributed by atoms with van der Waals surface area (Å²) in [7, 11) is 0. The Hall–Kier alpha value is -3.19. The molecule has 3 amide bonds. The lowest BCUT2D eigenvalue weighted by Gasteiger charge is -2.17. The topological polar surface area (TPSA) is 84.9 Å². The third kappa shape index (κ3) is 4.61. The van der Waals surface area contributed by atoms with Gasteiger partial charge in [-0.25, -0.2) is 0 Å². The van der Waals surface area contributed by atoms with Crippen molar-refractivity contribution in [1.29, 1.82) is 0 Å². The molecule has 1 fully saturated rings. The van der Waals surface area contributed by atoms with Gasteiger partial charge in [0.05, 0.1) is 23.8 Å². The van der Waals surface area contributed by atoms with Gasteiger partial charge in [0, 0.05) is 12.3 Å². The smallest absolute Gasteiger partial charge is 0.262 e. The SMILES string of the molecule is CC(C)c1ccc(OCC(=O)Nc2ccc3c(c2)C(=O)N(C[C@H]2CCCO2)C3=O)cc1. The molecular formula is C24H26N2O5. The molecule has 1 N–H and O–H groups in total. The number of fused-ring (bicyclic) bond motifs is 1. The van der Waals surface area contributed by atoms with Gasteiger partial charge in [0.25, 0.3) is 17.7 Å². The number of ether oxygens (including phenoxy) is 2. The van der Waals surface area contributed by atoms with E-state index < -0.39 is 0 Å². The molecule has 1 atom stereocenters. The van der Waals surface area contributed by atoms with Gasteiger partial charge < -0.3 is 14.8 Å². The molecule has 0 aromatic heterocycles. The third-order valence-corrected chi connectivity index (χ3v) is 5.58. The van der Waals surface area contributed by atoms with Gasteiger partial charge in [0.1, 0.15) is 5.75 Å². The predicted octanol–water partition coefficient (Wildman–Crippen LogP) is 3.60. The van der Waals surface area contributed by atoms with Gasteiger partial charge in [-0.05, 0) is 54.7 Å². The molecule has 4 rings (SSSR count). The predicted molar refractivity (Wildman–Crippen MR) is 115 cm³/mol. The van der Waals surface area contributed by atoms with Gasteiger partial charge in [0.2, 0.25) is 0 Å². The van der Waals surface area contributed by atoms with Gasteiger partial charge in [0.15, 0.2) is 6.61 Å². The second-order valence-electron chi connectivity index (χ2n) is 8.18. The van der Waals surface area contributed by atoms with Crippen LogP contribution >= 0.6 is 0 Å². The molecule has 0 aliphatic carbocycles. The fraction of sp³-hybridized carbons (Fsp3) is 0.375. The highest BCUT2D eigenvalue weighted by Gasteiger charge is 2.37. The van der Waals surface area contributed by atoms with E-state index in [4.69, 9.17) is 9.47 Å². The van der Waals surface area contributed by atoms with Gasteiger partial charge >= 0.3 is 0 Å². The fourth-order valence-corrected chi connectivity index (χ4v) is 3.82. The van der Waals surface area contributed by atoms with Crippen molar-refractivity contribution >= 4 is 23.4 Å². The van der Waals surface area contributed by atoms with Crippen LogP contribution in [-0.4, -0.2) is 48.5 Å². The average molecular weight is 422 g/mol. The van der Waals surface area contributed by atoms with Crippen molar-refractivity contribution in [3.63, 3.8) is 0 Å². The molecule has 2 aliphatic heterocycles. The van der Waals surface area contributed by atoms with Crippen LogP contribution in [0.15, 0.2) is 42.5 Å². The number of benzene rings is 2. The summed E-state index contributed by atoms with van der Waals surface area (Å²) in [5.74, 6) is 0.0166. The molecule has 2 aliphatic rings. The highest BCUT2D eigenvalue weighted by Crippen LogP contribution is 2.27. The van der Waals surface area contributed by atoms with E-state index in [1.54, 1.807) is 18.2 Å². The van der Waals surface area contributed by atoms with E-state index >= 15 is 0 Å². The number of carbonyl (C=O) groups excluding carboxylic acids is 3. The van der Waals surface area contributed by atoms with E-state index in [1.165, 1.54) is 10.5 Å². The number of anilines is 1. The van der Waals surface area contributed by atoms with Crippen LogP contribution in [-0.2, 0) is 9.53 Å². The number of hydrogen-bond acceptors (Lipinski definition) is 5. The van der Waals surface area contributed by atoms with Crippen LogP contribution in [0.5, 0.6) is 5.75 Å². The molecule has 0 bridgehead atoms. The maximum absolute atomic E-state index is 12.7. The Kier molecular flexibility index (Phi) is 6.04. The van der Waals surface area contributed by atoms with Gasteiger partial charge in [-0.15, -0.1) is 0 Å². The minimum atomic E-state index is -0.354. The Bertz CT molecular complexity index is 994. The summed E-state index contributed by atoms with van der Waals surface area (Å²) < 4.78 is 11.1. The number of rotatable bonds is 7. The summed E-state index contributed by atoms with van der Waals surface area (Å²) in [5, 5.41) is 2.72. The van der Waals surface area contributed by atoms with Crippen LogP contribution in [0.1, 0.15) is 58.9 Å². The summed E-state index contributed by atoms with van der Waals surface area (Å²) in [6.45, 7) is 4.99. The van der Waals surface area contributed by atoms with E-state index in [0.29, 0.717) is 35.1 Å². The number of carbonyl (C=O) groups is 3. The largest absolute Gasteiger partial charge is 0.484 e. The molecule has 7 nitrogen and oxygen atoms in total. The first-order valence-corrected chi connectivity index (χ1v) is 10.6. The Labute approximate surface area is 181 Å². The lowest BCUT2D eigenvalue weighted by atomic mass is 10.0. The van der Waals surface area contributed by atoms with E-state index in [-0.39, 0.29) is 37.0 Å². The standard InChI is InChI=1S/C24H26N2O5/c1-15(2)16-5-8-18(9-6-16)31-14-22(27)25-17-7-10-20-21(12-17)24(29)26(23(20)28)13-19-4-3-11-30-19/h5-10,12,15,19H,3-4,11,13-14H2,1-2H3,(H,25,27)/t19-/m1/s1. The van der Waals surface area contributed by atoms with Crippen LogP contribution in [0.2, 0.25) is 0 Å². The molecule has 162 valence electrons. The van der Waals surface area contributed by atoms with E-state index in [9.17, 15) is 14.4 Å². The molecule has 2 aromatic rings. The van der Waals surface area contributed by atoms with Gasteiger partial charge in [-0.2, -0.15) is 0 Å². The first-order chi connectivity index (χ1) is 14.9. The molecule has 7 heteroatoms. The Balaban J connectivity index is 1.36. The lowest BCUT2D eigenvalue weighted by Crippen LogP contribution is -2.36. The average Bonchev–Trinajstić information content (AvgIpc) is 3.36. The quantitative estimate of drug-likeness (QED) is 0.689. The van der Waals surface area contributed by atoms with Crippen molar-refractivity contribution in [3.05, 3.63) is 59.2 Å². The summed E-state index contributed by atoms with van der Waals surface area (Å²) in [4.78, 5) is 38.8. The van der Waals surface area contributed by atoms with Crippen molar-refractivity contribution in [2.45, 2.75) is 38.7 Å². The highest BCUT2D eigenvalue weighted by atomic mass is 16.5. The van der Waals surface area contributed by atoms with E-state index in [0.717, 1.165) is 12.8 Å². The van der Waals surface area contributed by atoms with E-state index in [2.05, 4.69) is 19.2 Å². The van der Waals surface area contributed by atoms with Crippen LogP contribution in [0, 0.1) is 0 Å². The Morgan fingerprint density at radius 1 is 1.13 bits per heavy atom. The fourth-order valence-electron chi connectivity index (χ4n) is 3.82. The molecule has 0 unspecified atom stereocenters. The third-order valence-electron chi connectivity index (χ3n) is 5.58. The first-order valence-electron chi connectivity index (χ1n) is 10.6. The molecule has 2 aromatic carbocycles. The minimum absolute atomic E-state index is 0.104. The summed E-state index contributed by atoms with van der Waals surface area (Å²) in [6, 6.07) is 12.4. The number of nitrogens with zero attached hydrogens (tertiary/aromatic N) is 1. The normalized spacial score (nSPS) is 17.9. The minimum Gasteiger partial charge on any atom is -0.484 e. The van der Waals surface area contributed by atoms with Crippen LogP contribution in [0.4, 0.5) is 5.69 Å². The zero-order chi connectivity index (χ0) is 22.0. The summed E-state index contributed by atoms with van der Waals surface area (Å²) in [5.41, 5.74) is 2.29. The monoisotopic (exact) mass is 422 g/mol. The zero-order valence-corrected chi connectivity index (χ0v) is 17.7.